The van der Waals surface area contributed by atoms with Gasteiger partial charge in [-0.05, 0) is 64.0 Å². The third-order valence-electron chi connectivity index (χ3n) is 7.01. The number of likely N-dealkylation sites (tertiary alicyclic amines) is 1. The molecule has 1 aliphatic rings. The van der Waals surface area contributed by atoms with Crippen molar-refractivity contribution in [3.8, 4) is 0 Å². The van der Waals surface area contributed by atoms with Crippen LogP contribution < -0.4 is 0 Å². The number of Topliss-reactive ketones (excluding diaryl/α,β-unsaturated/α-hetero) is 1. The zero-order valence-corrected chi connectivity index (χ0v) is 21.2. The van der Waals surface area contributed by atoms with E-state index in [2.05, 4.69) is 23.7 Å². The number of aryl methyl sites for hydroxylation is 3. The average molecular weight is 475 g/mol. The van der Waals surface area contributed by atoms with E-state index in [9.17, 15) is 14.7 Å². The minimum atomic E-state index is -0.663. The number of nitrogens with zero attached hydrogens (tertiary/aromatic N) is 4. The Bertz CT molecular complexity index is 1290. The zero-order chi connectivity index (χ0) is 25.3. The van der Waals surface area contributed by atoms with E-state index in [1.165, 1.54) is 0 Å². The van der Waals surface area contributed by atoms with Crippen LogP contribution in [0.25, 0.3) is 11.4 Å². The highest BCUT2D eigenvalue weighted by atomic mass is 16.3. The average Bonchev–Trinajstić information content (AvgIpc) is 3.32. The molecule has 1 N–H and O–H groups in total. The Morgan fingerprint density at radius 1 is 1.06 bits per heavy atom. The minimum Gasteiger partial charge on any atom is -0.505 e. The molecule has 184 valence electrons. The molecule has 1 aromatic carbocycles. The van der Waals surface area contributed by atoms with Crippen molar-refractivity contribution in [2.24, 2.45) is 0 Å². The van der Waals surface area contributed by atoms with Gasteiger partial charge in [0, 0.05) is 12.7 Å². The van der Waals surface area contributed by atoms with Crippen LogP contribution in [0.5, 0.6) is 0 Å². The number of carbonyl (C=O) groups excluding carboxylic acids is 2. The lowest BCUT2D eigenvalue weighted by Gasteiger charge is -2.26. The molecule has 0 radical (unpaired) electrons. The van der Waals surface area contributed by atoms with Crippen molar-refractivity contribution in [1.82, 2.24) is 19.2 Å². The highest BCUT2D eigenvalue weighted by molar-refractivity contribution is 6.46. The number of aliphatic hydroxyl groups excluding tert-OH is 1. The number of aliphatic hydroxyl groups is 1. The van der Waals surface area contributed by atoms with Crippen LogP contribution in [0, 0.1) is 20.8 Å². The number of rotatable bonds is 8. The predicted octanol–water partition coefficient (Wildman–Crippen LogP) is 4.41. The smallest absolute Gasteiger partial charge is 0.295 e. The normalized spacial score (nSPS) is 17.8. The summed E-state index contributed by atoms with van der Waals surface area (Å²) in [4.78, 5) is 35.1. The summed E-state index contributed by atoms with van der Waals surface area (Å²) in [5, 5.41) is 11.5. The summed E-state index contributed by atoms with van der Waals surface area (Å²) < 4.78 is 1.89. The lowest BCUT2D eigenvalue weighted by Crippen LogP contribution is -2.33. The van der Waals surface area contributed by atoms with Crippen molar-refractivity contribution in [1.29, 1.82) is 0 Å². The van der Waals surface area contributed by atoms with Gasteiger partial charge < -0.3 is 19.3 Å². The maximum absolute atomic E-state index is 13.3. The fourth-order valence-electron chi connectivity index (χ4n) is 4.88. The van der Waals surface area contributed by atoms with Crippen LogP contribution in [0.3, 0.4) is 0 Å². The number of hydrogen-bond acceptors (Lipinski definition) is 5. The Hall–Kier alpha value is -3.45. The van der Waals surface area contributed by atoms with Crippen LogP contribution in [0.2, 0.25) is 0 Å². The molecular weight excluding hydrogens is 440 g/mol. The van der Waals surface area contributed by atoms with E-state index in [1.54, 1.807) is 4.90 Å². The number of pyridine rings is 1. The lowest BCUT2D eigenvalue weighted by atomic mass is 9.95. The van der Waals surface area contributed by atoms with E-state index in [0.29, 0.717) is 17.9 Å². The number of imidazole rings is 1. The van der Waals surface area contributed by atoms with Crippen LogP contribution >= 0.6 is 0 Å². The Kier molecular flexibility index (Phi) is 7.08. The zero-order valence-electron chi connectivity index (χ0n) is 21.2. The molecule has 35 heavy (non-hydrogen) atoms. The topological polar surface area (TPSA) is 78.2 Å². The van der Waals surface area contributed by atoms with Gasteiger partial charge in [0.05, 0.1) is 17.3 Å². The van der Waals surface area contributed by atoms with Crippen molar-refractivity contribution >= 4 is 23.1 Å². The lowest BCUT2D eigenvalue weighted by molar-refractivity contribution is -0.140. The Labute approximate surface area is 206 Å². The summed E-state index contributed by atoms with van der Waals surface area (Å²) in [5.41, 5.74) is 4.71. The molecule has 7 nitrogen and oxygen atoms in total. The number of aromatic nitrogens is 2. The number of carbonyl (C=O) groups is 2. The first kappa shape index (κ1) is 24.7. The van der Waals surface area contributed by atoms with E-state index in [-0.39, 0.29) is 11.3 Å². The second kappa shape index (κ2) is 10.0. The second-order valence-corrected chi connectivity index (χ2v) is 9.21. The van der Waals surface area contributed by atoms with Gasteiger partial charge in [0.25, 0.3) is 11.7 Å². The highest BCUT2D eigenvalue weighted by Gasteiger charge is 2.46. The summed E-state index contributed by atoms with van der Waals surface area (Å²) in [6, 6.07) is 11.0. The SMILES string of the molecule is CCN(CC)CCCN1C(=O)C(=O)/C(=C(/O)c2nc3c(C)cccn3c2C)C1c1ccc(C)cc1. The Morgan fingerprint density at radius 2 is 1.74 bits per heavy atom. The number of fused-ring (bicyclic) bond motifs is 1. The van der Waals surface area contributed by atoms with Crippen molar-refractivity contribution < 1.29 is 14.7 Å². The van der Waals surface area contributed by atoms with E-state index >= 15 is 0 Å². The Balaban J connectivity index is 1.81. The molecule has 1 fully saturated rings. The van der Waals surface area contributed by atoms with Crippen LogP contribution in [0.4, 0.5) is 0 Å². The molecule has 0 bridgehead atoms. The van der Waals surface area contributed by atoms with Crippen LogP contribution in [0.1, 0.15) is 54.4 Å². The fourth-order valence-corrected chi connectivity index (χ4v) is 4.88. The van der Waals surface area contributed by atoms with Gasteiger partial charge in [0.1, 0.15) is 11.3 Å². The third kappa shape index (κ3) is 4.48. The number of hydrogen-bond donors (Lipinski definition) is 1. The van der Waals surface area contributed by atoms with E-state index in [0.717, 1.165) is 48.4 Å². The standard InChI is InChI=1S/C28H34N4O3/c1-6-30(7-2)15-9-17-32-24(21-13-11-18(3)12-14-21)22(26(34)28(32)35)25(33)23-20(5)31-16-8-10-19(4)27(31)29-23/h8,10-14,16,24,33H,6-7,9,15,17H2,1-5H3/b25-22+. The first-order valence-electron chi connectivity index (χ1n) is 12.3. The van der Waals surface area contributed by atoms with Gasteiger partial charge in [0.15, 0.2) is 5.76 Å². The monoisotopic (exact) mass is 474 g/mol. The molecule has 2 aromatic heterocycles. The van der Waals surface area contributed by atoms with Crippen molar-refractivity contribution in [2.45, 2.75) is 47.1 Å². The van der Waals surface area contributed by atoms with Gasteiger partial charge in [-0.25, -0.2) is 4.98 Å². The van der Waals surface area contributed by atoms with Gasteiger partial charge in [-0.1, -0.05) is 49.7 Å². The molecule has 3 aromatic rings. The first-order valence-corrected chi connectivity index (χ1v) is 12.3. The molecule has 7 heteroatoms. The molecule has 1 unspecified atom stereocenters. The molecule has 1 aliphatic heterocycles. The Morgan fingerprint density at radius 3 is 2.37 bits per heavy atom. The van der Waals surface area contributed by atoms with Crippen molar-refractivity contribution in [3.05, 3.63) is 76.2 Å². The van der Waals surface area contributed by atoms with Gasteiger partial charge in [-0.2, -0.15) is 0 Å². The van der Waals surface area contributed by atoms with Crippen molar-refractivity contribution in [2.75, 3.05) is 26.2 Å². The number of benzene rings is 1. The molecule has 3 heterocycles. The second-order valence-electron chi connectivity index (χ2n) is 9.21. The van der Waals surface area contributed by atoms with E-state index in [4.69, 9.17) is 0 Å². The molecule has 4 rings (SSSR count). The fraction of sp³-hybridized carbons (Fsp3) is 0.393. The third-order valence-corrected chi connectivity index (χ3v) is 7.01. The first-order chi connectivity index (χ1) is 16.8. The maximum Gasteiger partial charge on any atom is 0.295 e. The quantitative estimate of drug-likeness (QED) is 0.297. The van der Waals surface area contributed by atoms with Gasteiger partial charge in [-0.15, -0.1) is 0 Å². The number of ketones is 1. The summed E-state index contributed by atoms with van der Waals surface area (Å²) >= 11 is 0. The van der Waals surface area contributed by atoms with Crippen LogP contribution in [0.15, 0.2) is 48.2 Å². The molecule has 0 aliphatic carbocycles. The molecule has 1 atom stereocenters. The van der Waals surface area contributed by atoms with E-state index in [1.807, 2.05) is 67.8 Å². The van der Waals surface area contributed by atoms with Crippen LogP contribution in [-0.4, -0.2) is 62.2 Å². The van der Waals surface area contributed by atoms with Crippen molar-refractivity contribution in [3.63, 3.8) is 0 Å². The molecule has 1 amide bonds. The van der Waals surface area contributed by atoms with Crippen LogP contribution in [-0.2, 0) is 9.59 Å². The van der Waals surface area contributed by atoms with Gasteiger partial charge in [0.2, 0.25) is 0 Å². The summed E-state index contributed by atoms with van der Waals surface area (Å²) in [6.07, 6.45) is 2.62. The molecule has 0 saturated carbocycles. The molecular formula is C28H34N4O3. The van der Waals surface area contributed by atoms with Gasteiger partial charge >= 0.3 is 0 Å². The molecule has 0 spiro atoms. The maximum atomic E-state index is 13.3. The minimum absolute atomic E-state index is 0.103. The summed E-state index contributed by atoms with van der Waals surface area (Å²) in [6.45, 7) is 13.2. The largest absolute Gasteiger partial charge is 0.505 e. The molecule has 1 saturated heterocycles. The summed E-state index contributed by atoms with van der Waals surface area (Å²) in [7, 11) is 0. The van der Waals surface area contributed by atoms with Gasteiger partial charge in [-0.3, -0.25) is 9.59 Å². The summed E-state index contributed by atoms with van der Waals surface area (Å²) in [5.74, 6) is -1.46. The predicted molar refractivity (Wildman–Crippen MR) is 137 cm³/mol. The number of amides is 1. The van der Waals surface area contributed by atoms with E-state index < -0.39 is 17.7 Å². The highest BCUT2D eigenvalue weighted by Crippen LogP contribution is 2.40.